The van der Waals surface area contributed by atoms with Gasteiger partial charge in [-0.05, 0) is 20.4 Å². The molecule has 88 valence electrons. The summed E-state index contributed by atoms with van der Waals surface area (Å²) in [7, 11) is 1.98. The number of unbranched alkanes of at least 4 members (excludes halogenated alkanes) is 1. The zero-order valence-corrected chi connectivity index (χ0v) is 10.1. The Hall–Kier alpha value is -0.610. The highest BCUT2D eigenvalue weighted by molar-refractivity contribution is 5.83. The van der Waals surface area contributed by atoms with Crippen molar-refractivity contribution in [2.75, 3.05) is 26.7 Å². The molecule has 4 heteroatoms. The Kier molecular flexibility index (Phi) is 4.54. The summed E-state index contributed by atoms with van der Waals surface area (Å²) < 4.78 is 0. The molecule has 2 N–H and O–H groups in total. The van der Waals surface area contributed by atoms with Crippen molar-refractivity contribution in [2.24, 2.45) is 5.73 Å². The molecule has 0 aromatic heterocycles. The highest BCUT2D eigenvalue weighted by atomic mass is 16.2. The molecule has 4 nitrogen and oxygen atoms in total. The quantitative estimate of drug-likeness (QED) is 0.729. The molecule has 15 heavy (non-hydrogen) atoms. The zero-order valence-electron chi connectivity index (χ0n) is 10.1. The SMILES string of the molecule is CCCCN1C(=O)C(CN)N(C)CC1C. The monoisotopic (exact) mass is 213 g/mol. The van der Waals surface area contributed by atoms with Gasteiger partial charge >= 0.3 is 0 Å². The van der Waals surface area contributed by atoms with Crippen molar-refractivity contribution < 1.29 is 4.79 Å². The first-order valence-electron chi connectivity index (χ1n) is 5.82. The fraction of sp³-hybridized carbons (Fsp3) is 0.909. The number of nitrogens with zero attached hydrogens (tertiary/aromatic N) is 2. The van der Waals surface area contributed by atoms with Gasteiger partial charge in [0.1, 0.15) is 6.04 Å². The van der Waals surface area contributed by atoms with Gasteiger partial charge in [-0.3, -0.25) is 9.69 Å². The molecule has 1 fully saturated rings. The molecule has 0 spiro atoms. The van der Waals surface area contributed by atoms with Gasteiger partial charge in [0.05, 0.1) is 0 Å². The van der Waals surface area contributed by atoms with Crippen LogP contribution in [0.1, 0.15) is 26.7 Å². The average molecular weight is 213 g/mol. The average Bonchev–Trinajstić information content (AvgIpc) is 2.17. The van der Waals surface area contributed by atoms with Crippen molar-refractivity contribution in [3.8, 4) is 0 Å². The van der Waals surface area contributed by atoms with Crippen LogP contribution in [0.25, 0.3) is 0 Å². The van der Waals surface area contributed by atoms with Crippen LogP contribution in [0.2, 0.25) is 0 Å². The molecule has 1 amide bonds. The lowest BCUT2D eigenvalue weighted by molar-refractivity contribution is -0.144. The van der Waals surface area contributed by atoms with Crippen molar-refractivity contribution in [2.45, 2.75) is 38.8 Å². The first-order chi connectivity index (χ1) is 7.11. The van der Waals surface area contributed by atoms with Crippen LogP contribution >= 0.6 is 0 Å². The van der Waals surface area contributed by atoms with Gasteiger partial charge in [0.15, 0.2) is 0 Å². The first-order valence-corrected chi connectivity index (χ1v) is 5.82. The van der Waals surface area contributed by atoms with Crippen molar-refractivity contribution in [1.82, 2.24) is 9.80 Å². The van der Waals surface area contributed by atoms with Gasteiger partial charge in [0.25, 0.3) is 0 Å². The topological polar surface area (TPSA) is 49.6 Å². The van der Waals surface area contributed by atoms with E-state index in [1.54, 1.807) is 0 Å². The Morgan fingerprint density at radius 3 is 2.73 bits per heavy atom. The van der Waals surface area contributed by atoms with Gasteiger partial charge in [0, 0.05) is 25.7 Å². The fourth-order valence-corrected chi connectivity index (χ4v) is 2.18. The minimum absolute atomic E-state index is 0.113. The highest BCUT2D eigenvalue weighted by Gasteiger charge is 2.35. The third-order valence-corrected chi connectivity index (χ3v) is 3.16. The Morgan fingerprint density at radius 2 is 2.20 bits per heavy atom. The van der Waals surface area contributed by atoms with Crippen LogP contribution < -0.4 is 5.73 Å². The number of likely N-dealkylation sites (N-methyl/N-ethyl adjacent to an activating group) is 1. The van der Waals surface area contributed by atoms with E-state index < -0.39 is 0 Å². The second-order valence-corrected chi connectivity index (χ2v) is 4.43. The summed E-state index contributed by atoms with van der Waals surface area (Å²) >= 11 is 0. The van der Waals surface area contributed by atoms with E-state index in [0.717, 1.165) is 25.9 Å². The number of hydrogen-bond donors (Lipinski definition) is 1. The Labute approximate surface area is 92.4 Å². The smallest absolute Gasteiger partial charge is 0.241 e. The first kappa shape index (κ1) is 12.5. The van der Waals surface area contributed by atoms with Gasteiger partial charge < -0.3 is 10.6 Å². The molecule has 0 bridgehead atoms. The fourth-order valence-electron chi connectivity index (χ4n) is 2.18. The zero-order chi connectivity index (χ0) is 11.4. The lowest BCUT2D eigenvalue weighted by Crippen LogP contribution is -2.61. The van der Waals surface area contributed by atoms with Crippen LogP contribution in [0.3, 0.4) is 0 Å². The summed E-state index contributed by atoms with van der Waals surface area (Å²) in [6.45, 7) is 6.48. The molecule has 1 rings (SSSR count). The molecule has 0 aliphatic carbocycles. The van der Waals surface area contributed by atoms with E-state index in [0.29, 0.717) is 12.6 Å². The maximum atomic E-state index is 12.1. The largest absolute Gasteiger partial charge is 0.337 e. The summed E-state index contributed by atoms with van der Waals surface area (Å²) in [5, 5.41) is 0. The van der Waals surface area contributed by atoms with Crippen LogP contribution in [-0.4, -0.2) is 54.5 Å². The standard InChI is InChI=1S/C11H23N3O/c1-4-5-6-14-9(2)8-13(3)10(7-12)11(14)15/h9-10H,4-8,12H2,1-3H3. The second kappa shape index (κ2) is 5.47. The Balaban J connectivity index is 2.65. The van der Waals surface area contributed by atoms with E-state index >= 15 is 0 Å². The molecule has 0 radical (unpaired) electrons. The Morgan fingerprint density at radius 1 is 1.53 bits per heavy atom. The van der Waals surface area contributed by atoms with E-state index in [2.05, 4.69) is 18.7 Å². The molecule has 0 saturated carbocycles. The summed E-state index contributed by atoms with van der Waals surface area (Å²) in [5.74, 6) is 0.201. The van der Waals surface area contributed by atoms with E-state index in [4.69, 9.17) is 5.73 Å². The van der Waals surface area contributed by atoms with Gasteiger partial charge in [0.2, 0.25) is 5.91 Å². The lowest BCUT2D eigenvalue weighted by atomic mass is 10.1. The molecule has 1 aliphatic heterocycles. The summed E-state index contributed by atoms with van der Waals surface area (Å²) in [5.41, 5.74) is 5.63. The van der Waals surface area contributed by atoms with Gasteiger partial charge in [-0.2, -0.15) is 0 Å². The molecule has 2 atom stereocenters. The van der Waals surface area contributed by atoms with Crippen LogP contribution in [0.15, 0.2) is 0 Å². The van der Waals surface area contributed by atoms with E-state index in [-0.39, 0.29) is 11.9 Å². The predicted octanol–water partition coefficient (Wildman–Crippen LogP) is 0.276. The summed E-state index contributed by atoms with van der Waals surface area (Å²) in [4.78, 5) is 16.1. The molecular formula is C11H23N3O. The maximum Gasteiger partial charge on any atom is 0.241 e. The summed E-state index contributed by atoms with van der Waals surface area (Å²) in [6.07, 6.45) is 2.21. The molecule has 1 saturated heterocycles. The van der Waals surface area contributed by atoms with Crippen LogP contribution in [-0.2, 0) is 4.79 Å². The van der Waals surface area contributed by atoms with E-state index in [1.165, 1.54) is 0 Å². The van der Waals surface area contributed by atoms with Gasteiger partial charge in [-0.25, -0.2) is 0 Å². The number of amides is 1. The van der Waals surface area contributed by atoms with E-state index in [1.807, 2.05) is 11.9 Å². The number of nitrogens with two attached hydrogens (primary N) is 1. The normalized spacial score (nSPS) is 28.5. The molecule has 1 aliphatic rings. The number of hydrogen-bond acceptors (Lipinski definition) is 3. The highest BCUT2D eigenvalue weighted by Crippen LogP contribution is 2.15. The lowest BCUT2D eigenvalue weighted by Gasteiger charge is -2.42. The maximum absolute atomic E-state index is 12.1. The number of carbonyl (C=O) groups is 1. The minimum Gasteiger partial charge on any atom is -0.337 e. The van der Waals surface area contributed by atoms with Crippen LogP contribution in [0.5, 0.6) is 0 Å². The van der Waals surface area contributed by atoms with Crippen LogP contribution in [0.4, 0.5) is 0 Å². The van der Waals surface area contributed by atoms with Crippen molar-refractivity contribution in [3.63, 3.8) is 0 Å². The third kappa shape index (κ3) is 2.69. The van der Waals surface area contributed by atoms with Crippen molar-refractivity contribution in [3.05, 3.63) is 0 Å². The number of piperazine rings is 1. The van der Waals surface area contributed by atoms with E-state index in [9.17, 15) is 4.79 Å². The predicted molar refractivity (Wildman–Crippen MR) is 61.6 cm³/mol. The molecule has 2 unspecified atom stereocenters. The second-order valence-electron chi connectivity index (χ2n) is 4.43. The number of carbonyl (C=O) groups excluding carboxylic acids is 1. The molecular weight excluding hydrogens is 190 g/mol. The Bertz CT molecular complexity index is 220. The molecule has 0 aromatic rings. The van der Waals surface area contributed by atoms with Crippen LogP contribution in [0, 0.1) is 0 Å². The third-order valence-electron chi connectivity index (χ3n) is 3.16. The van der Waals surface area contributed by atoms with Gasteiger partial charge in [-0.15, -0.1) is 0 Å². The molecule has 0 aromatic carbocycles. The van der Waals surface area contributed by atoms with Crippen molar-refractivity contribution >= 4 is 5.91 Å². The minimum atomic E-state index is -0.113. The van der Waals surface area contributed by atoms with Gasteiger partial charge in [-0.1, -0.05) is 13.3 Å². The van der Waals surface area contributed by atoms with Crippen molar-refractivity contribution in [1.29, 1.82) is 0 Å². The summed E-state index contributed by atoms with van der Waals surface area (Å²) in [6, 6.07) is 0.204. The number of rotatable bonds is 4. The molecule has 1 heterocycles.